The molecule has 2 aliphatic carbocycles. The molecule has 1 aromatic carbocycles. The molecule has 24 heavy (non-hydrogen) atoms. The van der Waals surface area contributed by atoms with Gasteiger partial charge in [0, 0.05) is 19.6 Å². The summed E-state index contributed by atoms with van der Waals surface area (Å²) in [5.41, 5.74) is 9.69. The zero-order valence-corrected chi connectivity index (χ0v) is 15.9. The molecule has 2 saturated carbocycles. The quantitative estimate of drug-likeness (QED) is 0.906. The minimum atomic E-state index is 0. The molecule has 0 aliphatic heterocycles. The van der Waals surface area contributed by atoms with Crippen LogP contribution in [-0.4, -0.2) is 31.0 Å². The number of carbonyl (C=O) groups is 1. The van der Waals surface area contributed by atoms with Crippen molar-refractivity contribution in [2.24, 2.45) is 23.5 Å². The van der Waals surface area contributed by atoms with Crippen molar-refractivity contribution in [3.05, 3.63) is 28.8 Å². The second kappa shape index (κ2) is 7.32. The monoisotopic (exact) mass is 352 g/mol. The van der Waals surface area contributed by atoms with Crippen LogP contribution in [0.2, 0.25) is 0 Å². The molecule has 0 spiro atoms. The summed E-state index contributed by atoms with van der Waals surface area (Å²) in [5.74, 6) is 2.24. The predicted molar refractivity (Wildman–Crippen MR) is 98.5 cm³/mol. The summed E-state index contributed by atoms with van der Waals surface area (Å²) in [6.07, 6.45) is 3.52. The largest absolute Gasteiger partial charge is 0.496 e. The van der Waals surface area contributed by atoms with Gasteiger partial charge in [-0.25, -0.2) is 0 Å². The van der Waals surface area contributed by atoms with E-state index >= 15 is 0 Å². The lowest BCUT2D eigenvalue weighted by molar-refractivity contribution is -0.137. The Hall–Kier alpha value is -1.26. The van der Waals surface area contributed by atoms with Crippen LogP contribution in [0, 0.1) is 31.6 Å². The number of fused-ring (bicyclic) bond motifs is 2. The lowest BCUT2D eigenvalue weighted by Gasteiger charge is -2.31. The Bertz CT molecular complexity index is 594. The van der Waals surface area contributed by atoms with Crippen molar-refractivity contribution >= 4 is 18.3 Å². The number of nitrogens with zero attached hydrogens (tertiary/aromatic N) is 1. The van der Waals surface area contributed by atoms with Crippen molar-refractivity contribution in [1.82, 2.24) is 4.90 Å². The van der Waals surface area contributed by atoms with Gasteiger partial charge in [-0.2, -0.15) is 0 Å². The van der Waals surface area contributed by atoms with Gasteiger partial charge in [0.05, 0.1) is 13.0 Å². The topological polar surface area (TPSA) is 55.6 Å². The van der Waals surface area contributed by atoms with Crippen LogP contribution in [0.5, 0.6) is 5.75 Å². The molecule has 5 heteroatoms. The van der Waals surface area contributed by atoms with Crippen LogP contribution in [0.25, 0.3) is 0 Å². The van der Waals surface area contributed by atoms with Crippen molar-refractivity contribution in [3.8, 4) is 5.75 Å². The van der Waals surface area contributed by atoms with E-state index in [4.69, 9.17) is 10.5 Å². The number of methoxy groups -OCH3 is 1. The van der Waals surface area contributed by atoms with Crippen molar-refractivity contribution in [3.63, 3.8) is 0 Å². The van der Waals surface area contributed by atoms with Gasteiger partial charge < -0.3 is 15.4 Å². The first-order valence-corrected chi connectivity index (χ1v) is 8.57. The van der Waals surface area contributed by atoms with Crippen LogP contribution in [0.4, 0.5) is 0 Å². The number of ether oxygens (including phenoxy) is 1. The van der Waals surface area contributed by atoms with Crippen LogP contribution >= 0.6 is 12.4 Å². The molecule has 4 nitrogen and oxygen atoms in total. The number of aryl methyl sites for hydroxylation is 2. The Morgan fingerprint density at radius 3 is 2.33 bits per heavy atom. The molecule has 2 bridgehead atoms. The molecule has 0 aromatic heterocycles. The highest BCUT2D eigenvalue weighted by atomic mass is 35.5. The molecule has 4 unspecified atom stereocenters. The second-order valence-electron chi connectivity index (χ2n) is 7.39. The van der Waals surface area contributed by atoms with E-state index in [1.807, 2.05) is 25.8 Å². The summed E-state index contributed by atoms with van der Waals surface area (Å²) in [6, 6.07) is 4.27. The van der Waals surface area contributed by atoms with E-state index < -0.39 is 0 Å². The fourth-order valence-electron chi connectivity index (χ4n) is 4.76. The third-order valence-electron chi connectivity index (χ3n) is 5.79. The number of hydrogen-bond donors (Lipinski definition) is 1. The Balaban J connectivity index is 0.00000208. The maximum atomic E-state index is 12.9. The lowest BCUT2D eigenvalue weighted by Crippen LogP contribution is -2.45. The summed E-state index contributed by atoms with van der Waals surface area (Å²) in [6.45, 7) is 4.72. The number of benzene rings is 1. The van der Waals surface area contributed by atoms with E-state index in [-0.39, 0.29) is 30.3 Å². The van der Waals surface area contributed by atoms with Crippen molar-refractivity contribution in [1.29, 1.82) is 0 Å². The third kappa shape index (κ3) is 3.27. The highest BCUT2D eigenvalue weighted by molar-refractivity contribution is 5.85. The van der Waals surface area contributed by atoms with Crippen LogP contribution in [0.15, 0.2) is 12.1 Å². The number of hydrogen-bond acceptors (Lipinski definition) is 3. The van der Waals surface area contributed by atoms with E-state index in [9.17, 15) is 4.79 Å². The maximum absolute atomic E-state index is 12.9. The standard InChI is InChI=1S/C19H28N2O2.ClH/c1-11-7-13(8-12(2)18(11)23-4)10-21(3)19(22)16-14-5-6-15(9-14)17(16)20;/h7-8,14-17H,5-6,9-10,20H2,1-4H3;1H. The number of carbonyl (C=O) groups excluding carboxylic acids is 1. The van der Waals surface area contributed by atoms with Gasteiger partial charge in [0.1, 0.15) is 5.75 Å². The van der Waals surface area contributed by atoms with Gasteiger partial charge in [0.15, 0.2) is 0 Å². The molecule has 2 N–H and O–H groups in total. The molecule has 2 aliphatic rings. The first-order valence-electron chi connectivity index (χ1n) is 8.57. The Labute approximate surface area is 151 Å². The average molecular weight is 353 g/mol. The minimum Gasteiger partial charge on any atom is -0.496 e. The average Bonchev–Trinajstić information content (AvgIpc) is 3.07. The van der Waals surface area contributed by atoms with Crippen molar-refractivity contribution in [2.75, 3.05) is 14.2 Å². The molecule has 3 rings (SSSR count). The highest BCUT2D eigenvalue weighted by Crippen LogP contribution is 2.48. The van der Waals surface area contributed by atoms with Gasteiger partial charge in [-0.15, -0.1) is 12.4 Å². The van der Waals surface area contributed by atoms with Crippen LogP contribution < -0.4 is 10.5 Å². The highest BCUT2D eigenvalue weighted by Gasteiger charge is 2.49. The predicted octanol–water partition coefficient (Wildman–Crippen LogP) is 3.07. The number of halogens is 1. The SMILES string of the molecule is COc1c(C)cc(CN(C)C(=O)C2C3CCC(C3)C2N)cc1C.Cl. The zero-order chi connectivity index (χ0) is 16.7. The molecule has 4 atom stereocenters. The van der Waals surface area contributed by atoms with Gasteiger partial charge in [0.2, 0.25) is 5.91 Å². The van der Waals surface area contributed by atoms with Gasteiger partial charge in [-0.1, -0.05) is 12.1 Å². The van der Waals surface area contributed by atoms with Crippen molar-refractivity contribution < 1.29 is 9.53 Å². The van der Waals surface area contributed by atoms with E-state index in [0.717, 1.165) is 28.9 Å². The van der Waals surface area contributed by atoms with Crippen LogP contribution in [-0.2, 0) is 11.3 Å². The number of rotatable bonds is 4. The molecule has 0 saturated heterocycles. The van der Waals surface area contributed by atoms with Crippen molar-refractivity contribution in [2.45, 2.75) is 45.7 Å². The van der Waals surface area contributed by atoms with Crippen LogP contribution in [0.1, 0.15) is 36.0 Å². The minimum absolute atomic E-state index is 0. The number of nitrogens with two attached hydrogens (primary N) is 1. The lowest BCUT2D eigenvalue weighted by atomic mass is 9.84. The van der Waals surface area contributed by atoms with Gasteiger partial charge >= 0.3 is 0 Å². The summed E-state index contributed by atoms with van der Waals surface area (Å²) < 4.78 is 5.41. The van der Waals surface area contributed by atoms with E-state index in [1.165, 1.54) is 12.8 Å². The molecule has 2 fully saturated rings. The fraction of sp³-hybridized carbons (Fsp3) is 0.632. The molecular formula is C19H29ClN2O2. The molecule has 134 valence electrons. The summed E-state index contributed by atoms with van der Waals surface area (Å²) in [4.78, 5) is 14.7. The number of amides is 1. The first-order chi connectivity index (χ1) is 10.9. The third-order valence-corrected chi connectivity index (χ3v) is 5.79. The van der Waals surface area contributed by atoms with Gasteiger partial charge in [-0.3, -0.25) is 4.79 Å². The molecular weight excluding hydrogens is 324 g/mol. The Kier molecular flexibility index (Phi) is 5.82. The second-order valence-corrected chi connectivity index (χ2v) is 7.39. The molecule has 1 amide bonds. The smallest absolute Gasteiger partial charge is 0.227 e. The summed E-state index contributed by atoms with van der Waals surface area (Å²) in [5, 5.41) is 0. The van der Waals surface area contributed by atoms with E-state index in [2.05, 4.69) is 12.1 Å². The van der Waals surface area contributed by atoms with Gasteiger partial charge in [0.25, 0.3) is 0 Å². The molecule has 1 aromatic rings. The zero-order valence-electron chi connectivity index (χ0n) is 15.0. The normalized spacial score (nSPS) is 27.7. The maximum Gasteiger partial charge on any atom is 0.227 e. The Morgan fingerprint density at radius 2 is 1.83 bits per heavy atom. The van der Waals surface area contributed by atoms with Gasteiger partial charge in [-0.05, 0) is 61.6 Å². The van der Waals surface area contributed by atoms with Crippen LogP contribution in [0.3, 0.4) is 0 Å². The Morgan fingerprint density at radius 1 is 1.25 bits per heavy atom. The molecule has 0 heterocycles. The summed E-state index contributed by atoms with van der Waals surface area (Å²) in [7, 11) is 3.59. The van der Waals surface area contributed by atoms with E-state index in [1.54, 1.807) is 7.11 Å². The fourth-order valence-corrected chi connectivity index (χ4v) is 4.76. The molecule has 0 radical (unpaired) electrons. The first kappa shape index (κ1) is 19.1. The van der Waals surface area contributed by atoms with E-state index in [0.29, 0.717) is 18.4 Å². The summed E-state index contributed by atoms with van der Waals surface area (Å²) >= 11 is 0.